The van der Waals surface area contributed by atoms with Gasteiger partial charge in [-0.15, -0.1) is 12.4 Å². The van der Waals surface area contributed by atoms with Gasteiger partial charge in [0.05, 0.1) is 7.11 Å². The molecule has 0 aliphatic rings. The maximum atomic E-state index is 12.2. The summed E-state index contributed by atoms with van der Waals surface area (Å²) in [6.07, 6.45) is 0. The van der Waals surface area contributed by atoms with Crippen molar-refractivity contribution in [2.24, 2.45) is 5.92 Å². The van der Waals surface area contributed by atoms with Crippen molar-refractivity contribution < 1.29 is 19.1 Å². The Bertz CT molecular complexity index is 736. The fourth-order valence-corrected chi connectivity index (χ4v) is 2.36. The Morgan fingerprint density at radius 3 is 2.44 bits per heavy atom. The first-order valence-corrected chi connectivity index (χ1v) is 7.73. The van der Waals surface area contributed by atoms with Crippen LogP contribution in [-0.4, -0.2) is 39.2 Å². The fraction of sp³-hybridized carbons (Fsp3) is 0.333. The van der Waals surface area contributed by atoms with Crippen LogP contribution in [0.15, 0.2) is 36.4 Å². The van der Waals surface area contributed by atoms with Crippen LogP contribution in [0.3, 0.4) is 0 Å². The highest BCUT2D eigenvalue weighted by Gasteiger charge is 2.15. The number of amides is 1. The lowest BCUT2D eigenvalue weighted by Gasteiger charge is -2.15. The van der Waals surface area contributed by atoms with Crippen LogP contribution in [0.5, 0.6) is 5.75 Å². The molecule has 0 heterocycles. The van der Waals surface area contributed by atoms with Crippen molar-refractivity contribution in [1.29, 1.82) is 0 Å². The quantitative estimate of drug-likeness (QED) is 0.736. The molecule has 0 aliphatic carbocycles. The number of nitrogens with one attached hydrogen (secondary N) is 2. The third-order valence-corrected chi connectivity index (χ3v) is 3.67. The molecule has 6 nitrogen and oxygen atoms in total. The number of anilines is 1. The van der Waals surface area contributed by atoms with Crippen LogP contribution < -0.4 is 15.4 Å². The second kappa shape index (κ2) is 9.86. The van der Waals surface area contributed by atoms with Crippen LogP contribution in [-0.2, 0) is 14.3 Å². The predicted molar refractivity (Wildman–Crippen MR) is 100 cm³/mol. The van der Waals surface area contributed by atoms with E-state index in [4.69, 9.17) is 4.74 Å². The molecule has 0 aliphatic heterocycles. The fourth-order valence-electron chi connectivity index (χ4n) is 2.36. The van der Waals surface area contributed by atoms with Gasteiger partial charge >= 0.3 is 5.97 Å². The SMILES string of the molecule is CNCC(C)C(=O)Nc1ccc(OCC(=O)OC)c2ccccc12.Cl. The molecule has 0 radical (unpaired) electrons. The van der Waals surface area contributed by atoms with E-state index < -0.39 is 5.97 Å². The molecule has 1 unspecified atom stereocenters. The summed E-state index contributed by atoms with van der Waals surface area (Å²) in [4.78, 5) is 23.5. The molecule has 2 aromatic carbocycles. The lowest BCUT2D eigenvalue weighted by atomic mass is 10.1. The van der Waals surface area contributed by atoms with Gasteiger partial charge in [-0.05, 0) is 19.2 Å². The van der Waals surface area contributed by atoms with Crippen molar-refractivity contribution in [3.63, 3.8) is 0 Å². The van der Waals surface area contributed by atoms with E-state index in [1.165, 1.54) is 7.11 Å². The van der Waals surface area contributed by atoms with Gasteiger partial charge < -0.3 is 20.1 Å². The van der Waals surface area contributed by atoms with Crippen molar-refractivity contribution in [1.82, 2.24) is 5.32 Å². The summed E-state index contributed by atoms with van der Waals surface area (Å²) in [5, 5.41) is 7.61. The lowest BCUT2D eigenvalue weighted by Crippen LogP contribution is -2.28. The van der Waals surface area contributed by atoms with E-state index in [1.807, 2.05) is 38.2 Å². The molecule has 0 aromatic heterocycles. The van der Waals surface area contributed by atoms with Crippen LogP contribution in [0.1, 0.15) is 6.92 Å². The smallest absolute Gasteiger partial charge is 0.343 e. The van der Waals surface area contributed by atoms with Crippen LogP contribution in [0, 0.1) is 5.92 Å². The maximum Gasteiger partial charge on any atom is 0.343 e. The molecular weight excluding hydrogens is 344 g/mol. The molecule has 0 bridgehead atoms. The Morgan fingerprint density at radius 1 is 1.12 bits per heavy atom. The number of fused-ring (bicyclic) bond motifs is 1. The van der Waals surface area contributed by atoms with Gasteiger partial charge in [0.25, 0.3) is 0 Å². The summed E-state index contributed by atoms with van der Waals surface area (Å²) in [6, 6.07) is 11.1. The zero-order chi connectivity index (χ0) is 17.5. The molecule has 2 rings (SSSR count). The first-order chi connectivity index (χ1) is 11.6. The van der Waals surface area contributed by atoms with Crippen molar-refractivity contribution in [2.75, 3.05) is 32.6 Å². The van der Waals surface area contributed by atoms with Gasteiger partial charge in [0, 0.05) is 28.9 Å². The van der Waals surface area contributed by atoms with E-state index >= 15 is 0 Å². The molecule has 0 saturated carbocycles. The second-order valence-electron chi connectivity index (χ2n) is 5.47. The van der Waals surface area contributed by atoms with Gasteiger partial charge in [0.2, 0.25) is 5.91 Å². The summed E-state index contributed by atoms with van der Waals surface area (Å²) < 4.78 is 10.1. The topological polar surface area (TPSA) is 76.7 Å². The first-order valence-electron chi connectivity index (χ1n) is 7.73. The minimum atomic E-state index is -0.447. The summed E-state index contributed by atoms with van der Waals surface area (Å²) in [5.41, 5.74) is 0.712. The predicted octanol–water partition coefficient (Wildman–Crippen LogP) is 2.61. The number of carbonyl (C=O) groups excluding carboxylic acids is 2. The van der Waals surface area contributed by atoms with Crippen molar-refractivity contribution in [3.05, 3.63) is 36.4 Å². The molecule has 2 N–H and O–H groups in total. The number of methoxy groups -OCH3 is 1. The number of carbonyl (C=O) groups is 2. The molecule has 7 heteroatoms. The third-order valence-electron chi connectivity index (χ3n) is 3.67. The van der Waals surface area contributed by atoms with Crippen molar-refractivity contribution in [2.45, 2.75) is 6.92 Å². The Morgan fingerprint density at radius 2 is 1.80 bits per heavy atom. The molecular formula is C18H23ClN2O4. The van der Waals surface area contributed by atoms with Crippen LogP contribution in [0.2, 0.25) is 0 Å². The Labute approximate surface area is 153 Å². The Balaban J connectivity index is 0.00000312. The zero-order valence-corrected chi connectivity index (χ0v) is 15.3. The number of hydrogen-bond acceptors (Lipinski definition) is 5. The lowest BCUT2D eigenvalue weighted by molar-refractivity contribution is -0.142. The first kappa shape index (κ1) is 20.7. The molecule has 2 aromatic rings. The third kappa shape index (κ3) is 5.34. The van der Waals surface area contributed by atoms with E-state index in [0.717, 1.165) is 10.8 Å². The maximum absolute atomic E-state index is 12.2. The van der Waals surface area contributed by atoms with Gasteiger partial charge in [-0.1, -0.05) is 31.2 Å². The average Bonchev–Trinajstić information content (AvgIpc) is 2.60. The molecule has 0 fully saturated rings. The van der Waals surface area contributed by atoms with E-state index in [0.29, 0.717) is 18.0 Å². The summed E-state index contributed by atoms with van der Waals surface area (Å²) in [5.74, 6) is -0.0867. The highest BCUT2D eigenvalue weighted by Crippen LogP contribution is 2.31. The van der Waals surface area contributed by atoms with Gasteiger partial charge in [-0.25, -0.2) is 4.79 Å². The average molecular weight is 367 g/mol. The highest BCUT2D eigenvalue weighted by molar-refractivity contribution is 6.04. The largest absolute Gasteiger partial charge is 0.481 e. The van der Waals surface area contributed by atoms with E-state index in [2.05, 4.69) is 15.4 Å². The molecule has 1 amide bonds. The molecule has 136 valence electrons. The van der Waals surface area contributed by atoms with E-state index in [1.54, 1.807) is 12.1 Å². The van der Waals surface area contributed by atoms with Crippen LogP contribution >= 0.6 is 12.4 Å². The van der Waals surface area contributed by atoms with Crippen LogP contribution in [0.25, 0.3) is 10.8 Å². The second-order valence-corrected chi connectivity index (χ2v) is 5.47. The van der Waals surface area contributed by atoms with Gasteiger partial charge in [0.1, 0.15) is 5.75 Å². The van der Waals surface area contributed by atoms with Crippen molar-refractivity contribution >= 4 is 40.7 Å². The van der Waals surface area contributed by atoms with Gasteiger partial charge in [-0.3, -0.25) is 4.79 Å². The molecule has 0 spiro atoms. The molecule has 25 heavy (non-hydrogen) atoms. The molecule has 0 saturated heterocycles. The number of benzene rings is 2. The highest BCUT2D eigenvalue weighted by atomic mass is 35.5. The van der Waals surface area contributed by atoms with Crippen molar-refractivity contribution in [3.8, 4) is 5.75 Å². The van der Waals surface area contributed by atoms with Gasteiger partial charge in [0.15, 0.2) is 6.61 Å². The monoisotopic (exact) mass is 366 g/mol. The number of hydrogen-bond donors (Lipinski definition) is 2. The Hall–Kier alpha value is -2.31. The minimum Gasteiger partial charge on any atom is -0.481 e. The number of ether oxygens (including phenoxy) is 2. The van der Waals surface area contributed by atoms with E-state index in [9.17, 15) is 9.59 Å². The number of esters is 1. The Kier molecular flexibility index (Phi) is 8.18. The zero-order valence-electron chi connectivity index (χ0n) is 14.5. The normalized spacial score (nSPS) is 11.3. The molecule has 1 atom stereocenters. The standard InChI is InChI=1S/C18H22N2O4.ClH/c1-12(10-19-2)18(22)20-15-8-9-16(24-11-17(21)23-3)14-7-5-4-6-13(14)15;/h4-9,12,19H,10-11H2,1-3H3,(H,20,22);1H. The van der Waals surface area contributed by atoms with Crippen LogP contribution in [0.4, 0.5) is 5.69 Å². The van der Waals surface area contributed by atoms with E-state index in [-0.39, 0.29) is 30.8 Å². The minimum absolute atomic E-state index is 0. The summed E-state index contributed by atoms with van der Waals surface area (Å²) >= 11 is 0. The summed E-state index contributed by atoms with van der Waals surface area (Å²) in [7, 11) is 3.13. The van der Waals surface area contributed by atoms with Gasteiger partial charge in [-0.2, -0.15) is 0 Å². The number of halogens is 1. The summed E-state index contributed by atoms with van der Waals surface area (Å²) in [6.45, 7) is 2.30. The number of rotatable bonds is 7.